The average molecular weight is 295 g/mol. The summed E-state index contributed by atoms with van der Waals surface area (Å²) in [5, 5.41) is 1.83. The van der Waals surface area contributed by atoms with E-state index in [-0.39, 0.29) is 5.56 Å². The second-order valence-corrected chi connectivity index (χ2v) is 4.84. The van der Waals surface area contributed by atoms with Crippen molar-refractivity contribution in [1.29, 1.82) is 0 Å². The van der Waals surface area contributed by atoms with Gasteiger partial charge in [-0.25, -0.2) is 0 Å². The zero-order chi connectivity index (χ0) is 16.7. The molecule has 0 unspecified atom stereocenters. The van der Waals surface area contributed by atoms with E-state index < -0.39 is 0 Å². The number of pyridine rings is 1. The molecule has 3 rings (SSSR count). The smallest absolute Gasteiger partial charge is 0.256 e. The van der Waals surface area contributed by atoms with E-state index in [2.05, 4.69) is 25.1 Å². The Hall–Kier alpha value is -2.35. The molecule has 0 aliphatic heterocycles. The SMILES string of the molecule is C=CC.C=CC1=C(C)Cc2c1[nH]c(=O)c1ccccc21.CC. The molecular formula is C20H25NO. The molecule has 0 bridgehead atoms. The number of rotatable bonds is 1. The van der Waals surface area contributed by atoms with E-state index in [9.17, 15) is 4.79 Å². The molecule has 116 valence electrons. The van der Waals surface area contributed by atoms with Crippen LogP contribution >= 0.6 is 0 Å². The number of allylic oxidation sites excluding steroid dienone is 4. The van der Waals surface area contributed by atoms with Crippen LogP contribution < -0.4 is 5.56 Å². The lowest BCUT2D eigenvalue weighted by molar-refractivity contribution is 1.16. The molecule has 1 heterocycles. The monoisotopic (exact) mass is 295 g/mol. The van der Waals surface area contributed by atoms with E-state index in [1.807, 2.05) is 51.1 Å². The van der Waals surface area contributed by atoms with Crippen molar-refractivity contribution in [3.63, 3.8) is 0 Å². The number of aromatic amines is 1. The van der Waals surface area contributed by atoms with Crippen molar-refractivity contribution in [1.82, 2.24) is 4.98 Å². The van der Waals surface area contributed by atoms with Crippen LogP contribution in [0.2, 0.25) is 0 Å². The first-order valence-electron chi connectivity index (χ1n) is 7.67. The third-order valence-corrected chi connectivity index (χ3v) is 3.41. The number of fused-ring (bicyclic) bond motifs is 3. The number of nitrogens with one attached hydrogen (secondary N) is 1. The Labute approximate surface area is 132 Å². The van der Waals surface area contributed by atoms with Crippen molar-refractivity contribution in [2.75, 3.05) is 0 Å². The summed E-state index contributed by atoms with van der Waals surface area (Å²) < 4.78 is 0. The topological polar surface area (TPSA) is 32.9 Å². The molecule has 0 saturated heterocycles. The molecule has 1 aliphatic carbocycles. The van der Waals surface area contributed by atoms with E-state index in [0.717, 1.165) is 28.5 Å². The minimum atomic E-state index is -0.0200. The van der Waals surface area contributed by atoms with Gasteiger partial charge in [0.05, 0.1) is 5.69 Å². The standard InChI is InChI=1S/C15H13NO.C3H6.C2H6/c1-3-10-9(2)8-13-11-6-4-5-7-12(11)15(17)16-14(10)13;1-3-2;1-2/h3-7H,1,8H2,2H3,(H,16,17);3H,1H2,2H3;1-2H3. The molecule has 2 heteroatoms. The van der Waals surface area contributed by atoms with Crippen molar-refractivity contribution in [2.45, 2.75) is 34.1 Å². The fourth-order valence-electron chi connectivity index (χ4n) is 2.60. The molecule has 22 heavy (non-hydrogen) atoms. The second-order valence-electron chi connectivity index (χ2n) is 4.84. The highest BCUT2D eigenvalue weighted by atomic mass is 16.1. The van der Waals surface area contributed by atoms with Crippen LogP contribution in [0.3, 0.4) is 0 Å². The number of hydrogen-bond acceptors (Lipinski definition) is 1. The maximum atomic E-state index is 12.0. The molecule has 1 N–H and O–H groups in total. The molecule has 1 aromatic carbocycles. The average Bonchev–Trinajstić information content (AvgIpc) is 2.86. The van der Waals surface area contributed by atoms with Crippen LogP contribution in [0.25, 0.3) is 16.3 Å². The van der Waals surface area contributed by atoms with Gasteiger partial charge in [0.25, 0.3) is 5.56 Å². The second kappa shape index (κ2) is 8.18. The van der Waals surface area contributed by atoms with Crippen LogP contribution in [-0.4, -0.2) is 4.98 Å². The van der Waals surface area contributed by atoms with Crippen molar-refractivity contribution < 1.29 is 0 Å². The molecule has 0 saturated carbocycles. The Morgan fingerprint density at radius 2 is 1.68 bits per heavy atom. The number of benzene rings is 1. The van der Waals surface area contributed by atoms with Crippen molar-refractivity contribution >= 4 is 16.3 Å². The molecule has 0 amide bonds. The van der Waals surface area contributed by atoms with Crippen LogP contribution in [0.1, 0.15) is 39.0 Å². The van der Waals surface area contributed by atoms with Crippen molar-refractivity contribution in [2.24, 2.45) is 0 Å². The van der Waals surface area contributed by atoms with Gasteiger partial charge in [-0.05, 0) is 42.9 Å². The van der Waals surface area contributed by atoms with Gasteiger partial charge in [-0.15, -0.1) is 6.58 Å². The summed E-state index contributed by atoms with van der Waals surface area (Å²) in [4.78, 5) is 15.0. The molecule has 0 spiro atoms. The molecule has 1 aromatic heterocycles. The van der Waals surface area contributed by atoms with E-state index in [1.165, 1.54) is 11.1 Å². The predicted molar refractivity (Wildman–Crippen MR) is 98.3 cm³/mol. The van der Waals surface area contributed by atoms with Crippen molar-refractivity contribution in [3.05, 3.63) is 76.8 Å². The summed E-state index contributed by atoms with van der Waals surface area (Å²) in [5.74, 6) is 0. The minimum Gasteiger partial charge on any atom is -0.321 e. The number of aromatic nitrogens is 1. The van der Waals surface area contributed by atoms with Gasteiger partial charge in [0, 0.05) is 5.39 Å². The first-order chi connectivity index (χ1) is 10.6. The van der Waals surface area contributed by atoms with Gasteiger partial charge in [0.1, 0.15) is 0 Å². The van der Waals surface area contributed by atoms with Gasteiger partial charge < -0.3 is 4.98 Å². The summed E-state index contributed by atoms with van der Waals surface area (Å²) in [6.07, 6.45) is 4.47. The highest BCUT2D eigenvalue weighted by Gasteiger charge is 2.20. The predicted octanol–water partition coefficient (Wildman–Crippen LogP) is 5.26. The van der Waals surface area contributed by atoms with Crippen LogP contribution in [0, 0.1) is 0 Å². The fraction of sp³-hybridized carbons (Fsp3) is 0.250. The summed E-state index contributed by atoms with van der Waals surface area (Å²) >= 11 is 0. The van der Waals surface area contributed by atoms with E-state index in [1.54, 1.807) is 6.08 Å². The zero-order valence-corrected chi connectivity index (χ0v) is 14.0. The molecule has 0 radical (unpaired) electrons. The Kier molecular flexibility index (Phi) is 6.58. The molecule has 2 nitrogen and oxygen atoms in total. The largest absolute Gasteiger partial charge is 0.321 e. The first kappa shape index (κ1) is 17.7. The third kappa shape index (κ3) is 3.28. The maximum absolute atomic E-state index is 12.0. The molecule has 2 aromatic rings. The lowest BCUT2D eigenvalue weighted by Crippen LogP contribution is -2.10. The summed E-state index contributed by atoms with van der Waals surface area (Å²) in [6.45, 7) is 15.2. The minimum absolute atomic E-state index is 0.0200. The van der Waals surface area contributed by atoms with Gasteiger partial charge in [-0.1, -0.05) is 56.4 Å². The van der Waals surface area contributed by atoms with Gasteiger partial charge in [-0.2, -0.15) is 0 Å². The fourth-order valence-corrected chi connectivity index (χ4v) is 2.60. The number of hydrogen-bond donors (Lipinski definition) is 1. The molecule has 1 aliphatic rings. The third-order valence-electron chi connectivity index (χ3n) is 3.41. The summed E-state index contributed by atoms with van der Waals surface area (Å²) in [5.41, 5.74) is 4.48. The van der Waals surface area contributed by atoms with E-state index in [4.69, 9.17) is 0 Å². The maximum Gasteiger partial charge on any atom is 0.256 e. The highest BCUT2D eigenvalue weighted by molar-refractivity contribution is 5.93. The van der Waals surface area contributed by atoms with E-state index in [0.29, 0.717) is 0 Å². The summed E-state index contributed by atoms with van der Waals surface area (Å²) in [6, 6.07) is 7.76. The van der Waals surface area contributed by atoms with E-state index >= 15 is 0 Å². The molecular weight excluding hydrogens is 270 g/mol. The molecule has 0 atom stereocenters. The lowest BCUT2D eigenvalue weighted by atomic mass is 10.0. The van der Waals surface area contributed by atoms with Gasteiger partial charge in [-0.3, -0.25) is 4.79 Å². The van der Waals surface area contributed by atoms with Crippen molar-refractivity contribution in [3.8, 4) is 0 Å². The lowest BCUT2D eigenvalue weighted by Gasteiger charge is -2.05. The van der Waals surface area contributed by atoms with Crippen LogP contribution in [0.4, 0.5) is 0 Å². The van der Waals surface area contributed by atoms with Crippen LogP contribution in [0.15, 0.2) is 59.9 Å². The molecule has 0 fully saturated rings. The zero-order valence-electron chi connectivity index (χ0n) is 14.0. The normalized spacial score (nSPS) is 11.8. The highest BCUT2D eigenvalue weighted by Crippen LogP contribution is 2.34. The van der Waals surface area contributed by atoms with Gasteiger partial charge in [0.15, 0.2) is 0 Å². The Morgan fingerprint density at radius 3 is 2.23 bits per heavy atom. The van der Waals surface area contributed by atoms with Crippen LogP contribution in [-0.2, 0) is 6.42 Å². The van der Waals surface area contributed by atoms with Crippen LogP contribution in [0.5, 0.6) is 0 Å². The first-order valence-corrected chi connectivity index (χ1v) is 7.67. The Bertz CT molecular complexity index is 763. The van der Waals surface area contributed by atoms with Gasteiger partial charge >= 0.3 is 0 Å². The number of H-pyrrole nitrogens is 1. The Balaban J connectivity index is 0.000000435. The summed E-state index contributed by atoms with van der Waals surface area (Å²) in [7, 11) is 0. The van der Waals surface area contributed by atoms with Gasteiger partial charge in [0.2, 0.25) is 0 Å². The quantitative estimate of drug-likeness (QED) is 0.715. The Morgan fingerprint density at radius 1 is 1.14 bits per heavy atom.